The summed E-state index contributed by atoms with van der Waals surface area (Å²) >= 11 is 0. The van der Waals surface area contributed by atoms with Gasteiger partial charge in [-0.05, 0) is 48.7 Å². The number of carbonyl (C=O) groups is 2. The quantitative estimate of drug-likeness (QED) is 0.853. The van der Waals surface area contributed by atoms with Gasteiger partial charge in [-0.1, -0.05) is 18.2 Å². The minimum Gasteiger partial charge on any atom is -0.497 e. The minimum absolute atomic E-state index is 0.0686. The van der Waals surface area contributed by atoms with Gasteiger partial charge in [-0.3, -0.25) is 9.59 Å². The Labute approximate surface area is 142 Å². The highest BCUT2D eigenvalue weighted by molar-refractivity contribution is 5.95. The third-order valence-corrected chi connectivity index (χ3v) is 3.69. The first-order chi connectivity index (χ1) is 11.5. The second kappa shape index (κ2) is 8.15. The molecule has 2 aromatic rings. The second-order valence-electron chi connectivity index (χ2n) is 5.56. The van der Waals surface area contributed by atoms with Crippen LogP contribution in [0.1, 0.15) is 24.5 Å². The van der Waals surface area contributed by atoms with Crippen LogP contribution in [0.5, 0.6) is 5.75 Å². The number of carbonyl (C=O) groups excluding carboxylic acids is 2. The minimum atomic E-state index is -0.139. The fourth-order valence-electron chi connectivity index (χ4n) is 2.39. The molecule has 2 aromatic carbocycles. The largest absolute Gasteiger partial charge is 0.497 e. The molecule has 0 bridgehead atoms. The molecule has 0 aliphatic carbocycles. The lowest BCUT2D eigenvalue weighted by Gasteiger charge is -2.13. The first-order valence-electron chi connectivity index (χ1n) is 7.79. The van der Waals surface area contributed by atoms with Crippen LogP contribution in [0.3, 0.4) is 0 Å². The summed E-state index contributed by atoms with van der Waals surface area (Å²) in [5, 5.41) is 5.65. The Morgan fingerprint density at radius 1 is 1.04 bits per heavy atom. The highest BCUT2D eigenvalue weighted by Gasteiger charge is 2.09. The van der Waals surface area contributed by atoms with E-state index in [9.17, 15) is 9.59 Å². The zero-order valence-electron chi connectivity index (χ0n) is 14.2. The van der Waals surface area contributed by atoms with Crippen LogP contribution in [0.2, 0.25) is 0 Å². The van der Waals surface area contributed by atoms with Crippen LogP contribution in [-0.2, 0) is 16.0 Å². The van der Waals surface area contributed by atoms with E-state index in [-0.39, 0.29) is 11.8 Å². The average molecular weight is 326 g/mol. The van der Waals surface area contributed by atoms with Crippen molar-refractivity contribution in [2.24, 2.45) is 0 Å². The van der Waals surface area contributed by atoms with Gasteiger partial charge in [0.1, 0.15) is 5.75 Å². The predicted molar refractivity (Wildman–Crippen MR) is 95.4 cm³/mol. The molecule has 2 rings (SSSR count). The maximum atomic E-state index is 12.2. The zero-order chi connectivity index (χ0) is 17.5. The van der Waals surface area contributed by atoms with Gasteiger partial charge in [0.05, 0.1) is 7.11 Å². The van der Waals surface area contributed by atoms with E-state index in [1.807, 2.05) is 43.3 Å². The Balaban J connectivity index is 1.98. The standard InChI is InChI=1S/C19H22N2O3/c1-13-17(20-14(2)22)8-5-9-18(13)21-19(23)11-10-15-6-4-7-16(12-15)24-3/h4-9,12H,10-11H2,1-3H3,(H,20,22)(H,21,23). The van der Waals surface area contributed by atoms with Crippen molar-refractivity contribution >= 4 is 23.2 Å². The fourth-order valence-corrected chi connectivity index (χ4v) is 2.39. The highest BCUT2D eigenvalue weighted by atomic mass is 16.5. The maximum Gasteiger partial charge on any atom is 0.224 e. The maximum absolute atomic E-state index is 12.2. The number of aryl methyl sites for hydroxylation is 1. The number of ether oxygens (including phenoxy) is 1. The lowest BCUT2D eigenvalue weighted by molar-refractivity contribution is -0.116. The predicted octanol–water partition coefficient (Wildman–Crippen LogP) is 3.53. The summed E-state index contributed by atoms with van der Waals surface area (Å²) < 4.78 is 5.18. The van der Waals surface area contributed by atoms with Crippen molar-refractivity contribution in [1.82, 2.24) is 0 Å². The van der Waals surface area contributed by atoms with E-state index in [1.165, 1.54) is 6.92 Å². The number of hydrogen-bond acceptors (Lipinski definition) is 3. The van der Waals surface area contributed by atoms with E-state index in [1.54, 1.807) is 13.2 Å². The van der Waals surface area contributed by atoms with Crippen LogP contribution in [0.15, 0.2) is 42.5 Å². The molecular weight excluding hydrogens is 304 g/mol. The summed E-state index contributed by atoms with van der Waals surface area (Å²) in [6, 6.07) is 13.1. The number of rotatable bonds is 6. The van der Waals surface area contributed by atoms with E-state index in [0.29, 0.717) is 24.2 Å². The van der Waals surface area contributed by atoms with Crippen molar-refractivity contribution in [3.05, 3.63) is 53.6 Å². The van der Waals surface area contributed by atoms with Gasteiger partial charge >= 0.3 is 0 Å². The van der Waals surface area contributed by atoms with Crippen molar-refractivity contribution in [3.8, 4) is 5.75 Å². The summed E-state index contributed by atoms with van der Waals surface area (Å²) in [7, 11) is 1.62. The van der Waals surface area contributed by atoms with Crippen LogP contribution in [-0.4, -0.2) is 18.9 Å². The van der Waals surface area contributed by atoms with Gasteiger partial charge in [0, 0.05) is 24.7 Å². The SMILES string of the molecule is COc1cccc(CCC(=O)Nc2cccc(NC(C)=O)c2C)c1. The van der Waals surface area contributed by atoms with Gasteiger partial charge < -0.3 is 15.4 Å². The first kappa shape index (κ1) is 17.5. The molecule has 5 heteroatoms. The molecule has 5 nitrogen and oxygen atoms in total. The van der Waals surface area contributed by atoms with E-state index < -0.39 is 0 Å². The van der Waals surface area contributed by atoms with Crippen molar-refractivity contribution in [1.29, 1.82) is 0 Å². The molecule has 0 spiro atoms. The first-order valence-corrected chi connectivity index (χ1v) is 7.79. The molecule has 0 heterocycles. The molecule has 24 heavy (non-hydrogen) atoms. The third kappa shape index (κ3) is 4.84. The van der Waals surface area contributed by atoms with E-state index in [4.69, 9.17) is 4.74 Å². The van der Waals surface area contributed by atoms with Gasteiger partial charge in [-0.2, -0.15) is 0 Å². The summed E-state index contributed by atoms with van der Waals surface area (Å²) in [6.07, 6.45) is 1.00. The van der Waals surface area contributed by atoms with Crippen LogP contribution >= 0.6 is 0 Å². The number of benzene rings is 2. The molecule has 0 aliphatic rings. The molecular formula is C19H22N2O3. The van der Waals surface area contributed by atoms with Crippen molar-refractivity contribution < 1.29 is 14.3 Å². The topological polar surface area (TPSA) is 67.4 Å². The number of nitrogens with one attached hydrogen (secondary N) is 2. The van der Waals surface area contributed by atoms with Crippen LogP contribution in [0.25, 0.3) is 0 Å². The second-order valence-corrected chi connectivity index (χ2v) is 5.56. The van der Waals surface area contributed by atoms with Crippen LogP contribution in [0.4, 0.5) is 11.4 Å². The molecule has 0 fully saturated rings. The van der Waals surface area contributed by atoms with E-state index in [0.717, 1.165) is 16.9 Å². The van der Waals surface area contributed by atoms with Gasteiger partial charge in [0.25, 0.3) is 0 Å². The summed E-state index contributed by atoms with van der Waals surface area (Å²) in [5.74, 6) is 0.576. The lowest BCUT2D eigenvalue weighted by atomic mass is 10.1. The Bertz CT molecular complexity index is 741. The molecule has 0 saturated heterocycles. The van der Waals surface area contributed by atoms with E-state index >= 15 is 0 Å². The van der Waals surface area contributed by atoms with Crippen molar-refractivity contribution in [2.75, 3.05) is 17.7 Å². The lowest BCUT2D eigenvalue weighted by Crippen LogP contribution is -2.14. The van der Waals surface area contributed by atoms with Crippen LogP contribution < -0.4 is 15.4 Å². The van der Waals surface area contributed by atoms with E-state index in [2.05, 4.69) is 10.6 Å². The number of amides is 2. The van der Waals surface area contributed by atoms with Gasteiger partial charge in [-0.25, -0.2) is 0 Å². The normalized spacial score (nSPS) is 10.1. The van der Waals surface area contributed by atoms with Crippen molar-refractivity contribution in [2.45, 2.75) is 26.7 Å². The summed E-state index contributed by atoms with van der Waals surface area (Å²) in [5.41, 5.74) is 3.29. The number of methoxy groups -OCH3 is 1. The molecule has 2 amide bonds. The Hall–Kier alpha value is -2.82. The molecule has 0 saturated carbocycles. The molecule has 0 atom stereocenters. The number of hydrogen-bond donors (Lipinski definition) is 2. The average Bonchev–Trinajstić information content (AvgIpc) is 2.56. The Kier molecular flexibility index (Phi) is 5.95. The molecule has 0 radical (unpaired) electrons. The fraction of sp³-hybridized carbons (Fsp3) is 0.263. The summed E-state index contributed by atoms with van der Waals surface area (Å²) in [6.45, 7) is 3.32. The molecule has 2 N–H and O–H groups in total. The van der Waals surface area contributed by atoms with Crippen molar-refractivity contribution in [3.63, 3.8) is 0 Å². The number of anilines is 2. The summed E-state index contributed by atoms with van der Waals surface area (Å²) in [4.78, 5) is 23.4. The zero-order valence-corrected chi connectivity index (χ0v) is 14.2. The van der Waals surface area contributed by atoms with Gasteiger partial charge in [0.15, 0.2) is 0 Å². The molecule has 0 unspecified atom stereocenters. The van der Waals surface area contributed by atoms with Gasteiger partial charge in [-0.15, -0.1) is 0 Å². The monoisotopic (exact) mass is 326 g/mol. The molecule has 0 aromatic heterocycles. The smallest absolute Gasteiger partial charge is 0.224 e. The molecule has 0 aliphatic heterocycles. The third-order valence-electron chi connectivity index (χ3n) is 3.69. The highest BCUT2D eigenvalue weighted by Crippen LogP contribution is 2.23. The molecule has 126 valence electrons. The Morgan fingerprint density at radius 3 is 2.38 bits per heavy atom. The van der Waals surface area contributed by atoms with Crippen LogP contribution in [0, 0.1) is 6.92 Å². The Morgan fingerprint density at radius 2 is 1.71 bits per heavy atom. The van der Waals surface area contributed by atoms with Gasteiger partial charge in [0.2, 0.25) is 11.8 Å².